The molecule has 2 heterocycles. The van der Waals surface area contributed by atoms with Crippen molar-refractivity contribution in [2.45, 2.75) is 19.8 Å². The van der Waals surface area contributed by atoms with Crippen LogP contribution in [0.1, 0.15) is 28.2 Å². The molecule has 24 heavy (non-hydrogen) atoms. The highest BCUT2D eigenvalue weighted by molar-refractivity contribution is 7.17. The van der Waals surface area contributed by atoms with Gasteiger partial charge in [0.05, 0.1) is 11.6 Å². The number of carbonyl (C=O) groups excluding carboxylic acids is 1. The van der Waals surface area contributed by atoms with Gasteiger partial charge in [-0.25, -0.2) is 9.37 Å². The van der Waals surface area contributed by atoms with Gasteiger partial charge in [-0.1, -0.05) is 0 Å². The zero-order chi connectivity index (χ0) is 17.3. The Morgan fingerprint density at radius 2 is 2.04 bits per heavy atom. The van der Waals surface area contributed by atoms with E-state index in [1.54, 1.807) is 24.0 Å². The number of rotatable bonds is 3. The largest absolute Gasteiger partial charge is 0.481 e. The van der Waals surface area contributed by atoms with Crippen LogP contribution in [0.4, 0.5) is 4.39 Å². The minimum absolute atomic E-state index is 0.177. The zero-order valence-corrected chi connectivity index (χ0v) is 14.0. The highest BCUT2D eigenvalue weighted by atomic mass is 32.1. The number of thiazole rings is 1. The second-order valence-corrected chi connectivity index (χ2v) is 6.87. The minimum Gasteiger partial charge on any atom is -0.481 e. The van der Waals surface area contributed by atoms with Crippen molar-refractivity contribution in [2.75, 3.05) is 13.1 Å². The number of hydrogen-bond donors (Lipinski definition) is 1. The summed E-state index contributed by atoms with van der Waals surface area (Å²) in [5.41, 5.74) is 1.37. The van der Waals surface area contributed by atoms with Crippen molar-refractivity contribution in [1.82, 2.24) is 9.88 Å². The summed E-state index contributed by atoms with van der Waals surface area (Å²) in [7, 11) is 0. The van der Waals surface area contributed by atoms with Crippen LogP contribution in [0.15, 0.2) is 24.3 Å². The SMILES string of the molecule is Cc1nc(-c2ccc(F)cc2)sc1C(=O)N1CCC[C@H](C(=O)O)C1. The normalized spacial score (nSPS) is 17.8. The first-order valence-electron chi connectivity index (χ1n) is 7.71. The van der Waals surface area contributed by atoms with Gasteiger partial charge in [0.1, 0.15) is 15.7 Å². The molecule has 0 radical (unpaired) electrons. The van der Waals surface area contributed by atoms with Crippen molar-refractivity contribution in [3.63, 3.8) is 0 Å². The number of carboxylic acids is 1. The molecule has 1 N–H and O–H groups in total. The summed E-state index contributed by atoms with van der Waals surface area (Å²) in [5.74, 6) is -1.87. The maximum absolute atomic E-state index is 13.0. The Bertz CT molecular complexity index is 773. The summed E-state index contributed by atoms with van der Waals surface area (Å²) in [5, 5.41) is 9.82. The van der Waals surface area contributed by atoms with E-state index in [1.807, 2.05) is 0 Å². The molecule has 1 aromatic heterocycles. The third-order valence-electron chi connectivity index (χ3n) is 4.14. The van der Waals surface area contributed by atoms with E-state index in [4.69, 9.17) is 5.11 Å². The average Bonchev–Trinajstić information content (AvgIpc) is 2.96. The van der Waals surface area contributed by atoms with E-state index in [2.05, 4.69) is 4.98 Å². The van der Waals surface area contributed by atoms with Crippen molar-refractivity contribution in [3.8, 4) is 10.6 Å². The molecule has 0 saturated carbocycles. The predicted molar refractivity (Wildman–Crippen MR) is 88.5 cm³/mol. The van der Waals surface area contributed by atoms with Crippen molar-refractivity contribution < 1.29 is 19.1 Å². The van der Waals surface area contributed by atoms with E-state index in [0.717, 1.165) is 5.56 Å². The fourth-order valence-corrected chi connectivity index (χ4v) is 3.86. The molecule has 1 aromatic carbocycles. The number of halogens is 1. The number of nitrogens with zero attached hydrogens (tertiary/aromatic N) is 2. The lowest BCUT2D eigenvalue weighted by Crippen LogP contribution is -2.42. The van der Waals surface area contributed by atoms with E-state index in [1.165, 1.54) is 23.5 Å². The van der Waals surface area contributed by atoms with Gasteiger partial charge in [0.2, 0.25) is 0 Å². The monoisotopic (exact) mass is 348 g/mol. The summed E-state index contributed by atoms with van der Waals surface area (Å²) < 4.78 is 13.0. The standard InChI is InChI=1S/C17H17FN2O3S/c1-10-14(16(21)20-8-2-3-12(9-20)17(22)23)24-15(19-10)11-4-6-13(18)7-5-11/h4-7,12H,2-3,8-9H2,1H3,(H,22,23)/t12-/m0/s1. The number of benzene rings is 1. The van der Waals surface area contributed by atoms with Crippen molar-refractivity contribution in [3.05, 3.63) is 40.7 Å². The van der Waals surface area contributed by atoms with Crippen LogP contribution in [0.3, 0.4) is 0 Å². The first-order valence-corrected chi connectivity index (χ1v) is 8.53. The number of aryl methyl sites for hydroxylation is 1. The van der Waals surface area contributed by atoms with Gasteiger partial charge in [0, 0.05) is 18.7 Å². The topological polar surface area (TPSA) is 70.5 Å². The van der Waals surface area contributed by atoms with Crippen LogP contribution in [0.25, 0.3) is 10.6 Å². The lowest BCUT2D eigenvalue weighted by molar-refractivity contribution is -0.143. The Balaban J connectivity index is 1.83. The molecule has 0 bridgehead atoms. The molecule has 2 aromatic rings. The van der Waals surface area contributed by atoms with Crippen molar-refractivity contribution in [1.29, 1.82) is 0 Å². The molecule has 1 saturated heterocycles. The Morgan fingerprint density at radius 1 is 1.33 bits per heavy atom. The molecule has 5 nitrogen and oxygen atoms in total. The minimum atomic E-state index is -0.861. The molecule has 0 unspecified atom stereocenters. The Hall–Kier alpha value is -2.28. The summed E-state index contributed by atoms with van der Waals surface area (Å²) in [6.07, 6.45) is 1.28. The van der Waals surface area contributed by atoms with E-state index in [9.17, 15) is 14.0 Å². The number of carbonyl (C=O) groups is 2. The van der Waals surface area contributed by atoms with Gasteiger partial charge in [0.25, 0.3) is 5.91 Å². The summed E-state index contributed by atoms with van der Waals surface area (Å²) in [6, 6.07) is 5.97. The van der Waals surface area contributed by atoms with Gasteiger partial charge in [-0.2, -0.15) is 0 Å². The van der Waals surface area contributed by atoms with E-state index >= 15 is 0 Å². The number of likely N-dealkylation sites (tertiary alicyclic amines) is 1. The van der Waals surface area contributed by atoms with Crippen LogP contribution in [0, 0.1) is 18.7 Å². The number of carboxylic acid groups (broad SMARTS) is 1. The van der Waals surface area contributed by atoms with Gasteiger partial charge in [0.15, 0.2) is 0 Å². The second-order valence-electron chi connectivity index (χ2n) is 5.87. The number of piperidine rings is 1. The molecular formula is C17H17FN2O3S. The first-order chi connectivity index (χ1) is 11.5. The van der Waals surface area contributed by atoms with Crippen molar-refractivity contribution >= 4 is 23.2 Å². The van der Waals surface area contributed by atoms with Gasteiger partial charge in [-0.05, 0) is 44.0 Å². The van der Waals surface area contributed by atoms with Crippen LogP contribution in [-0.2, 0) is 4.79 Å². The van der Waals surface area contributed by atoms with Gasteiger partial charge < -0.3 is 10.0 Å². The third kappa shape index (κ3) is 3.31. The first kappa shape index (κ1) is 16.6. The van der Waals surface area contributed by atoms with Gasteiger partial charge >= 0.3 is 5.97 Å². The molecule has 1 fully saturated rings. The molecule has 0 spiro atoms. The van der Waals surface area contributed by atoms with Crippen LogP contribution in [0.5, 0.6) is 0 Å². The van der Waals surface area contributed by atoms with Crippen molar-refractivity contribution in [2.24, 2.45) is 5.92 Å². The van der Waals surface area contributed by atoms with Crippen LogP contribution >= 0.6 is 11.3 Å². The summed E-state index contributed by atoms with van der Waals surface area (Å²) in [4.78, 5) is 30.4. The third-order valence-corrected chi connectivity index (χ3v) is 5.33. The second kappa shape index (κ2) is 6.68. The fourth-order valence-electron chi connectivity index (χ4n) is 2.82. The highest BCUT2D eigenvalue weighted by Crippen LogP contribution is 2.30. The lowest BCUT2D eigenvalue weighted by Gasteiger charge is -2.30. The maximum atomic E-state index is 13.0. The average molecular weight is 348 g/mol. The molecular weight excluding hydrogens is 331 g/mol. The number of hydrogen-bond acceptors (Lipinski definition) is 4. The molecule has 7 heteroatoms. The summed E-state index contributed by atoms with van der Waals surface area (Å²) in [6.45, 7) is 2.55. The molecule has 0 aliphatic carbocycles. The van der Waals surface area contributed by atoms with E-state index in [-0.39, 0.29) is 18.3 Å². The molecule has 1 amide bonds. The zero-order valence-electron chi connectivity index (χ0n) is 13.2. The van der Waals surface area contributed by atoms with Gasteiger partial charge in [-0.3, -0.25) is 9.59 Å². The molecule has 126 valence electrons. The van der Waals surface area contributed by atoms with E-state index < -0.39 is 11.9 Å². The van der Waals surface area contributed by atoms with Crippen LogP contribution < -0.4 is 0 Å². The fraction of sp³-hybridized carbons (Fsp3) is 0.353. The van der Waals surface area contributed by atoms with Gasteiger partial charge in [-0.15, -0.1) is 11.3 Å². The van der Waals surface area contributed by atoms with E-state index in [0.29, 0.717) is 35.0 Å². The Kier molecular flexibility index (Phi) is 4.62. The number of aliphatic carboxylic acids is 1. The van der Waals surface area contributed by atoms with Crippen LogP contribution in [-0.4, -0.2) is 40.0 Å². The number of amides is 1. The predicted octanol–water partition coefficient (Wildman–Crippen LogP) is 3.19. The summed E-state index contributed by atoms with van der Waals surface area (Å²) >= 11 is 1.26. The molecule has 1 aliphatic rings. The molecule has 1 atom stereocenters. The highest BCUT2D eigenvalue weighted by Gasteiger charge is 2.30. The molecule has 3 rings (SSSR count). The lowest BCUT2D eigenvalue weighted by atomic mass is 9.98. The number of aromatic nitrogens is 1. The Morgan fingerprint density at radius 3 is 2.71 bits per heavy atom. The van der Waals surface area contributed by atoms with Crippen LogP contribution in [0.2, 0.25) is 0 Å². The smallest absolute Gasteiger partial charge is 0.308 e. The maximum Gasteiger partial charge on any atom is 0.308 e. The Labute approximate surface area is 142 Å². The quantitative estimate of drug-likeness (QED) is 0.925. The molecule has 1 aliphatic heterocycles.